The number of nitrogens with one attached hydrogen (secondary N) is 2. The van der Waals surface area contributed by atoms with Crippen molar-refractivity contribution >= 4 is 48.9 Å². The average Bonchev–Trinajstić information content (AvgIpc) is 3.26. The molecule has 0 saturated heterocycles. The molecule has 0 saturated carbocycles. The van der Waals surface area contributed by atoms with Crippen LogP contribution in [-0.4, -0.2) is 28.0 Å². The van der Waals surface area contributed by atoms with Crippen molar-refractivity contribution in [3.63, 3.8) is 0 Å². The second kappa shape index (κ2) is 9.36. The summed E-state index contributed by atoms with van der Waals surface area (Å²) in [4.78, 5) is 15.6. The minimum atomic E-state index is -0.106. The second-order valence-corrected chi connectivity index (χ2v) is 5.93. The van der Waals surface area contributed by atoms with E-state index < -0.39 is 0 Å². The Morgan fingerprint density at radius 1 is 1.14 bits per heavy atom. The predicted octanol–water partition coefficient (Wildman–Crippen LogP) is 2.19. The first-order valence-corrected chi connectivity index (χ1v) is 8.25. The number of aromatic hydroxyl groups is 1. The predicted molar refractivity (Wildman–Crippen MR) is 116 cm³/mol. The Kier molecular flexibility index (Phi) is 7.17. The van der Waals surface area contributed by atoms with Gasteiger partial charge in [-0.15, -0.1) is 24.8 Å². The van der Waals surface area contributed by atoms with E-state index in [0.717, 1.165) is 21.8 Å². The molecule has 2 aromatic carbocycles. The van der Waals surface area contributed by atoms with Crippen molar-refractivity contribution in [2.75, 3.05) is 11.9 Å². The molecule has 1 aliphatic rings. The van der Waals surface area contributed by atoms with E-state index in [1.165, 1.54) is 6.34 Å². The molecule has 146 valence electrons. The highest BCUT2D eigenvalue weighted by atomic mass is 35.5. The number of aromatic amines is 1. The quantitative estimate of drug-likeness (QED) is 0.508. The zero-order valence-electron chi connectivity index (χ0n) is 14.7. The molecule has 0 spiro atoms. The fourth-order valence-corrected chi connectivity index (χ4v) is 2.84. The Morgan fingerprint density at radius 2 is 1.93 bits per heavy atom. The number of hydrogen-bond acceptors (Lipinski definition) is 6. The highest BCUT2D eigenvalue weighted by Gasteiger charge is 2.13. The van der Waals surface area contributed by atoms with Crippen molar-refractivity contribution in [2.24, 2.45) is 15.7 Å². The fraction of sp³-hybridized carbons (Fsp3) is 0.105. The zero-order valence-corrected chi connectivity index (χ0v) is 16.4. The molecule has 0 radical (unpaired) electrons. The van der Waals surface area contributed by atoms with E-state index in [1.807, 2.05) is 54.6 Å². The molecule has 0 amide bonds. The summed E-state index contributed by atoms with van der Waals surface area (Å²) in [6.07, 6.45) is 3.34. The molecule has 4 rings (SSSR count). The molecule has 0 fully saturated rings. The SMILES string of the molecule is Cl.Cl.NC[C@@H](Nc1nc(O)c(C=c2ccc3c(c2)N=CN=3)[nH]1)c1ccccc1. The van der Waals surface area contributed by atoms with Gasteiger partial charge in [0.2, 0.25) is 11.8 Å². The molecule has 1 aliphatic heterocycles. The molecule has 0 bridgehead atoms. The molecule has 0 aliphatic carbocycles. The van der Waals surface area contributed by atoms with Crippen molar-refractivity contribution < 1.29 is 5.11 Å². The number of benzene rings is 2. The topological polar surface area (TPSA) is 112 Å². The highest BCUT2D eigenvalue weighted by Crippen LogP contribution is 2.21. The van der Waals surface area contributed by atoms with Crippen LogP contribution in [0, 0.1) is 0 Å². The van der Waals surface area contributed by atoms with Crippen LogP contribution >= 0.6 is 24.8 Å². The van der Waals surface area contributed by atoms with Gasteiger partial charge in [-0.1, -0.05) is 36.4 Å². The monoisotopic (exact) mass is 418 g/mol. The number of imidazole rings is 1. The first-order valence-electron chi connectivity index (χ1n) is 8.25. The van der Waals surface area contributed by atoms with Gasteiger partial charge in [-0.25, -0.2) is 9.98 Å². The number of H-pyrrole nitrogens is 1. The van der Waals surface area contributed by atoms with Crippen LogP contribution in [0.1, 0.15) is 17.3 Å². The third-order valence-corrected chi connectivity index (χ3v) is 4.16. The van der Waals surface area contributed by atoms with E-state index in [9.17, 15) is 5.11 Å². The van der Waals surface area contributed by atoms with Gasteiger partial charge in [0.15, 0.2) is 0 Å². The van der Waals surface area contributed by atoms with Crippen LogP contribution in [0.25, 0.3) is 6.08 Å². The summed E-state index contributed by atoms with van der Waals surface area (Å²) in [5, 5.41) is 15.1. The van der Waals surface area contributed by atoms with Gasteiger partial charge in [-0.2, -0.15) is 4.98 Å². The largest absolute Gasteiger partial charge is 0.492 e. The Labute approximate surface area is 174 Å². The maximum Gasteiger partial charge on any atom is 0.238 e. The third kappa shape index (κ3) is 4.51. The normalized spacial score (nSPS) is 13.1. The molecule has 1 aromatic heterocycles. The van der Waals surface area contributed by atoms with Crippen LogP contribution in [-0.2, 0) is 0 Å². The van der Waals surface area contributed by atoms with Crippen LogP contribution in [0.15, 0.2) is 58.5 Å². The number of rotatable bonds is 5. The fourth-order valence-electron chi connectivity index (χ4n) is 2.84. The van der Waals surface area contributed by atoms with Gasteiger partial charge in [-0.3, -0.25) is 0 Å². The molecular weight excluding hydrogens is 399 g/mol. The van der Waals surface area contributed by atoms with Crippen LogP contribution in [0.4, 0.5) is 11.6 Å². The van der Waals surface area contributed by atoms with Crippen molar-refractivity contribution in [3.8, 4) is 5.88 Å². The van der Waals surface area contributed by atoms with Crippen molar-refractivity contribution in [1.29, 1.82) is 0 Å². The Bertz CT molecular complexity index is 1080. The maximum absolute atomic E-state index is 10.1. The number of aliphatic imine (C=N–C) groups is 1. The van der Waals surface area contributed by atoms with Crippen molar-refractivity contribution in [3.05, 3.63) is 70.4 Å². The lowest BCUT2D eigenvalue weighted by Gasteiger charge is -2.16. The molecule has 3 aromatic rings. The smallest absolute Gasteiger partial charge is 0.238 e. The molecular formula is C19H20Cl2N6O. The van der Waals surface area contributed by atoms with Crippen LogP contribution < -0.4 is 21.6 Å². The van der Waals surface area contributed by atoms with Crippen molar-refractivity contribution in [2.45, 2.75) is 6.04 Å². The van der Waals surface area contributed by atoms with Gasteiger partial charge in [0.05, 0.1) is 17.1 Å². The zero-order chi connectivity index (χ0) is 17.9. The summed E-state index contributed by atoms with van der Waals surface area (Å²) in [7, 11) is 0. The number of nitrogens with zero attached hydrogens (tertiary/aromatic N) is 3. The molecule has 1 atom stereocenters. The van der Waals surface area contributed by atoms with Crippen LogP contribution in [0.2, 0.25) is 0 Å². The molecule has 2 heterocycles. The minimum Gasteiger partial charge on any atom is -0.492 e. The summed E-state index contributed by atoms with van der Waals surface area (Å²) in [6, 6.07) is 15.5. The second-order valence-electron chi connectivity index (χ2n) is 5.93. The number of aromatic nitrogens is 2. The lowest BCUT2D eigenvalue weighted by Crippen LogP contribution is -2.21. The summed E-state index contributed by atoms with van der Waals surface area (Å²) < 4.78 is 0. The number of halogens is 2. The van der Waals surface area contributed by atoms with Crippen LogP contribution in [0.3, 0.4) is 0 Å². The molecule has 0 unspecified atom stereocenters. The van der Waals surface area contributed by atoms with Gasteiger partial charge < -0.3 is 21.1 Å². The van der Waals surface area contributed by atoms with Gasteiger partial charge >= 0.3 is 0 Å². The summed E-state index contributed by atoms with van der Waals surface area (Å²) in [6.45, 7) is 0.400. The summed E-state index contributed by atoms with van der Waals surface area (Å²) in [5.74, 6) is 0.382. The Morgan fingerprint density at radius 3 is 2.68 bits per heavy atom. The van der Waals surface area contributed by atoms with E-state index in [2.05, 4.69) is 25.3 Å². The van der Waals surface area contributed by atoms with Gasteiger partial charge in [0, 0.05) is 6.54 Å². The van der Waals surface area contributed by atoms with Crippen molar-refractivity contribution in [1.82, 2.24) is 9.97 Å². The van der Waals surface area contributed by atoms with E-state index in [0.29, 0.717) is 18.2 Å². The number of anilines is 1. The molecule has 5 N–H and O–H groups in total. The Hall–Kier alpha value is -2.87. The average molecular weight is 419 g/mol. The summed E-state index contributed by atoms with van der Waals surface area (Å²) >= 11 is 0. The van der Waals surface area contributed by atoms with E-state index in [1.54, 1.807) is 0 Å². The standard InChI is InChI=1S/C19H18N6O.2ClH/c20-10-17(13-4-2-1-3-5-13)24-19-23-16(18(26)25-19)9-12-6-7-14-15(8-12)22-11-21-14;;/h1-9,11,17,26H,10,20H2,(H2,23,24,25);2*1H/t17-;;/m1../s1. The first kappa shape index (κ1) is 21.4. The van der Waals surface area contributed by atoms with Gasteiger partial charge in [0.1, 0.15) is 12.0 Å². The van der Waals surface area contributed by atoms with E-state index >= 15 is 0 Å². The van der Waals surface area contributed by atoms with Gasteiger partial charge in [0.25, 0.3) is 0 Å². The first-order chi connectivity index (χ1) is 12.7. The number of fused-ring (bicyclic) bond motifs is 1. The number of nitrogens with two attached hydrogens (primary N) is 1. The van der Waals surface area contributed by atoms with Gasteiger partial charge in [-0.05, 0) is 29.0 Å². The number of hydrogen-bond donors (Lipinski definition) is 4. The lowest BCUT2D eigenvalue weighted by atomic mass is 10.1. The van der Waals surface area contributed by atoms with E-state index in [-0.39, 0.29) is 36.7 Å². The minimum absolute atomic E-state index is 0. The molecule has 9 heteroatoms. The molecule has 7 nitrogen and oxygen atoms in total. The molecule has 28 heavy (non-hydrogen) atoms. The third-order valence-electron chi connectivity index (χ3n) is 4.16. The summed E-state index contributed by atoms with van der Waals surface area (Å²) in [5.41, 5.74) is 8.25. The highest BCUT2D eigenvalue weighted by molar-refractivity contribution is 5.85. The van der Waals surface area contributed by atoms with Crippen LogP contribution in [0.5, 0.6) is 5.88 Å². The lowest BCUT2D eigenvalue weighted by molar-refractivity contribution is 0.455. The van der Waals surface area contributed by atoms with E-state index in [4.69, 9.17) is 5.73 Å². The maximum atomic E-state index is 10.1. The Balaban J connectivity index is 0.00000140.